The smallest absolute Gasteiger partial charge is 0.277 e. The van der Waals surface area contributed by atoms with Crippen LogP contribution in [0.1, 0.15) is 34.4 Å². The summed E-state index contributed by atoms with van der Waals surface area (Å²) in [4.78, 5) is 23.7. The second-order valence-electron chi connectivity index (χ2n) is 6.90. The number of aryl methyl sites for hydroxylation is 3. The van der Waals surface area contributed by atoms with Gasteiger partial charge in [-0.1, -0.05) is 18.2 Å². The molecule has 3 rings (SSSR count). The molecule has 1 aromatic heterocycles. The maximum Gasteiger partial charge on any atom is 0.277 e. The van der Waals surface area contributed by atoms with Crippen LogP contribution in [0.5, 0.6) is 5.75 Å². The average molecular weight is 390 g/mol. The number of nitrogens with one attached hydrogen (secondary N) is 1. The highest BCUT2D eigenvalue weighted by Gasteiger charge is 2.19. The first-order valence-corrected chi connectivity index (χ1v) is 9.57. The Bertz CT molecular complexity index is 1030. The van der Waals surface area contributed by atoms with Crippen LogP contribution in [0, 0.1) is 20.8 Å². The monoisotopic (exact) mass is 390 g/mol. The quantitative estimate of drug-likeness (QED) is 0.653. The molecular formula is C23H26N4O2. The number of methoxy groups -OCH3 is 1. The van der Waals surface area contributed by atoms with Crippen LogP contribution in [0.2, 0.25) is 0 Å². The number of carbonyl (C=O) groups is 1. The zero-order valence-corrected chi connectivity index (χ0v) is 17.5. The molecule has 3 aromatic rings. The summed E-state index contributed by atoms with van der Waals surface area (Å²) >= 11 is 0. The van der Waals surface area contributed by atoms with E-state index in [2.05, 4.69) is 15.3 Å². The average Bonchev–Trinajstić information content (AvgIpc) is 2.68. The number of rotatable bonds is 6. The van der Waals surface area contributed by atoms with E-state index >= 15 is 0 Å². The summed E-state index contributed by atoms with van der Waals surface area (Å²) in [6, 6.07) is 15.4. The number of anilines is 3. The topological polar surface area (TPSA) is 67.4 Å². The van der Waals surface area contributed by atoms with Crippen LogP contribution < -0.4 is 15.0 Å². The summed E-state index contributed by atoms with van der Waals surface area (Å²) in [6.45, 7) is 8.28. The van der Waals surface area contributed by atoms with Gasteiger partial charge in [0.1, 0.15) is 23.1 Å². The van der Waals surface area contributed by atoms with Crippen LogP contribution in [0.25, 0.3) is 0 Å². The molecule has 0 spiro atoms. The van der Waals surface area contributed by atoms with Crippen molar-refractivity contribution < 1.29 is 9.53 Å². The normalized spacial score (nSPS) is 10.5. The lowest BCUT2D eigenvalue weighted by atomic mass is 10.2. The molecular weight excluding hydrogens is 364 g/mol. The highest BCUT2D eigenvalue weighted by molar-refractivity contribution is 6.05. The molecule has 6 nitrogen and oxygen atoms in total. The van der Waals surface area contributed by atoms with Crippen molar-refractivity contribution in [2.45, 2.75) is 27.7 Å². The van der Waals surface area contributed by atoms with Gasteiger partial charge in [-0.25, -0.2) is 9.97 Å². The summed E-state index contributed by atoms with van der Waals surface area (Å²) in [6.07, 6.45) is 0. The van der Waals surface area contributed by atoms with Gasteiger partial charge in [0.2, 0.25) is 0 Å². The number of hydrogen-bond donors (Lipinski definition) is 1. The fraction of sp³-hybridized carbons (Fsp3) is 0.261. The third-order valence-corrected chi connectivity index (χ3v) is 4.55. The highest BCUT2D eigenvalue weighted by Crippen LogP contribution is 2.28. The number of aromatic nitrogens is 2. The number of nitrogens with zero attached hydrogens (tertiary/aromatic N) is 3. The van der Waals surface area contributed by atoms with Gasteiger partial charge in [0.15, 0.2) is 0 Å². The lowest BCUT2D eigenvalue weighted by Crippen LogP contribution is -2.31. The Morgan fingerprint density at radius 2 is 1.79 bits per heavy atom. The molecule has 0 bridgehead atoms. The molecule has 0 aliphatic heterocycles. The van der Waals surface area contributed by atoms with Gasteiger partial charge < -0.3 is 15.0 Å². The molecule has 1 heterocycles. The zero-order valence-electron chi connectivity index (χ0n) is 17.5. The Morgan fingerprint density at radius 1 is 1.03 bits per heavy atom. The van der Waals surface area contributed by atoms with Gasteiger partial charge >= 0.3 is 0 Å². The van der Waals surface area contributed by atoms with Crippen molar-refractivity contribution in [2.75, 3.05) is 23.9 Å². The van der Waals surface area contributed by atoms with Crippen molar-refractivity contribution in [1.29, 1.82) is 0 Å². The SMILES string of the molecule is CCN(C(=O)c1cc(Nc2cc(C)ccc2OC)nc(C)n1)c1cccc(C)c1. The largest absolute Gasteiger partial charge is 0.495 e. The van der Waals surface area contributed by atoms with Crippen LogP contribution >= 0.6 is 0 Å². The Morgan fingerprint density at radius 3 is 2.48 bits per heavy atom. The van der Waals surface area contributed by atoms with E-state index in [0.29, 0.717) is 29.6 Å². The molecule has 0 aliphatic rings. The van der Waals surface area contributed by atoms with Crippen molar-refractivity contribution >= 4 is 23.1 Å². The van der Waals surface area contributed by atoms with Crippen LogP contribution in [-0.2, 0) is 0 Å². The molecule has 0 saturated heterocycles. The Hall–Kier alpha value is -3.41. The molecule has 0 fully saturated rings. The van der Waals surface area contributed by atoms with E-state index in [1.807, 2.05) is 63.2 Å². The van der Waals surface area contributed by atoms with Gasteiger partial charge in [-0.15, -0.1) is 0 Å². The Labute approximate surface area is 171 Å². The van der Waals surface area contributed by atoms with Gasteiger partial charge in [0.25, 0.3) is 5.91 Å². The van der Waals surface area contributed by atoms with Gasteiger partial charge in [-0.2, -0.15) is 0 Å². The first kappa shape index (κ1) is 20.3. The van der Waals surface area contributed by atoms with E-state index in [0.717, 1.165) is 22.5 Å². The lowest BCUT2D eigenvalue weighted by Gasteiger charge is -2.21. The summed E-state index contributed by atoms with van der Waals surface area (Å²) in [5.74, 6) is 1.60. The first-order chi connectivity index (χ1) is 13.9. The minimum atomic E-state index is -0.164. The second-order valence-corrected chi connectivity index (χ2v) is 6.90. The molecule has 2 aromatic carbocycles. The van der Waals surface area contributed by atoms with E-state index in [1.165, 1.54) is 0 Å². The molecule has 0 saturated carbocycles. The highest BCUT2D eigenvalue weighted by atomic mass is 16.5. The van der Waals surface area contributed by atoms with Gasteiger partial charge in [0.05, 0.1) is 12.8 Å². The molecule has 0 unspecified atom stereocenters. The third-order valence-electron chi connectivity index (χ3n) is 4.55. The number of benzene rings is 2. The van der Waals surface area contributed by atoms with E-state index in [-0.39, 0.29) is 5.91 Å². The van der Waals surface area contributed by atoms with Crippen LogP contribution in [0.15, 0.2) is 48.5 Å². The number of ether oxygens (including phenoxy) is 1. The maximum atomic E-state index is 13.2. The summed E-state index contributed by atoms with van der Waals surface area (Å²) in [5, 5.41) is 3.26. The standard InChI is InChI=1S/C23H26N4O2/c1-6-27(18-9-7-8-15(2)12-18)23(28)20-14-22(25-17(4)24-20)26-19-13-16(3)10-11-21(19)29-5/h7-14H,6H2,1-5H3,(H,24,25,26). The van der Waals surface area contributed by atoms with Crippen LogP contribution in [0.4, 0.5) is 17.2 Å². The van der Waals surface area contributed by atoms with E-state index < -0.39 is 0 Å². The predicted molar refractivity (Wildman–Crippen MR) is 116 cm³/mol. The van der Waals surface area contributed by atoms with Gasteiger partial charge in [-0.3, -0.25) is 4.79 Å². The first-order valence-electron chi connectivity index (χ1n) is 9.57. The molecule has 1 amide bonds. The van der Waals surface area contributed by atoms with E-state index in [1.54, 1.807) is 25.0 Å². The minimum Gasteiger partial charge on any atom is -0.495 e. The van der Waals surface area contributed by atoms with E-state index in [9.17, 15) is 4.79 Å². The third kappa shape index (κ3) is 4.71. The Kier molecular flexibility index (Phi) is 6.12. The Balaban J connectivity index is 1.94. The van der Waals surface area contributed by atoms with Crippen molar-refractivity contribution in [2.24, 2.45) is 0 Å². The molecule has 0 atom stereocenters. The maximum absolute atomic E-state index is 13.2. The van der Waals surface area contributed by atoms with Gasteiger partial charge in [0, 0.05) is 18.3 Å². The van der Waals surface area contributed by atoms with Crippen LogP contribution in [0.3, 0.4) is 0 Å². The second kappa shape index (κ2) is 8.73. The number of carbonyl (C=O) groups excluding carboxylic acids is 1. The fourth-order valence-electron chi connectivity index (χ4n) is 3.18. The fourth-order valence-corrected chi connectivity index (χ4v) is 3.18. The van der Waals surface area contributed by atoms with Crippen molar-refractivity contribution in [3.05, 3.63) is 71.2 Å². The lowest BCUT2D eigenvalue weighted by molar-refractivity contribution is 0.0983. The molecule has 0 aliphatic carbocycles. The summed E-state index contributed by atoms with van der Waals surface area (Å²) in [5.41, 5.74) is 4.17. The van der Waals surface area contributed by atoms with Crippen molar-refractivity contribution in [3.8, 4) is 5.75 Å². The zero-order chi connectivity index (χ0) is 21.0. The minimum absolute atomic E-state index is 0.164. The number of hydrogen-bond acceptors (Lipinski definition) is 5. The molecule has 150 valence electrons. The van der Waals surface area contributed by atoms with Crippen LogP contribution in [-0.4, -0.2) is 29.5 Å². The van der Waals surface area contributed by atoms with Crippen molar-refractivity contribution in [1.82, 2.24) is 9.97 Å². The van der Waals surface area contributed by atoms with E-state index in [4.69, 9.17) is 4.74 Å². The molecule has 1 N–H and O–H groups in total. The summed E-state index contributed by atoms with van der Waals surface area (Å²) in [7, 11) is 1.62. The molecule has 6 heteroatoms. The van der Waals surface area contributed by atoms with Crippen molar-refractivity contribution in [3.63, 3.8) is 0 Å². The molecule has 29 heavy (non-hydrogen) atoms. The van der Waals surface area contributed by atoms with Gasteiger partial charge in [-0.05, 0) is 63.1 Å². The summed E-state index contributed by atoms with van der Waals surface area (Å²) < 4.78 is 5.42. The molecule has 0 radical (unpaired) electrons. The predicted octanol–water partition coefficient (Wildman–Crippen LogP) is 4.82. The number of amides is 1.